The maximum Gasteiger partial charge on any atom is 0.415 e. The van der Waals surface area contributed by atoms with Crippen molar-refractivity contribution >= 4 is 57.2 Å². The molecule has 0 bridgehead atoms. The summed E-state index contributed by atoms with van der Waals surface area (Å²) in [5.74, 6) is -0.269. The minimum Gasteiger partial charge on any atom is -0.409 e. The van der Waals surface area contributed by atoms with Crippen molar-refractivity contribution in [2.75, 3.05) is 36.8 Å². The molecule has 6 aromatic rings. The van der Waals surface area contributed by atoms with Gasteiger partial charge in [-0.05, 0) is 75.5 Å². The number of fused-ring (bicyclic) bond motifs is 2. The number of carbonyl (C=O) groups is 3. The lowest BCUT2D eigenvalue weighted by atomic mass is 10.1. The maximum absolute atomic E-state index is 12.8. The highest BCUT2D eigenvalue weighted by atomic mass is 16.6. The van der Waals surface area contributed by atoms with Gasteiger partial charge in [0.2, 0.25) is 0 Å². The van der Waals surface area contributed by atoms with Crippen LogP contribution in [0, 0.1) is 0 Å². The first kappa shape index (κ1) is 41.7. The van der Waals surface area contributed by atoms with Gasteiger partial charge in [0.05, 0.1) is 28.0 Å². The lowest BCUT2D eigenvalue weighted by Crippen LogP contribution is -2.33. The zero-order valence-electron chi connectivity index (χ0n) is 30.7. The molecule has 12 heteroatoms. The Morgan fingerprint density at radius 3 is 1.61 bits per heavy atom. The van der Waals surface area contributed by atoms with Gasteiger partial charge in [-0.3, -0.25) is 19.6 Å². The summed E-state index contributed by atoms with van der Waals surface area (Å²) in [5.41, 5.74) is 3.75. The van der Waals surface area contributed by atoms with Gasteiger partial charge in [0.15, 0.2) is 0 Å². The van der Waals surface area contributed by atoms with Crippen LogP contribution >= 0.6 is 0 Å². The van der Waals surface area contributed by atoms with Gasteiger partial charge in [-0.15, -0.1) is 0 Å². The van der Waals surface area contributed by atoms with Gasteiger partial charge < -0.3 is 25.6 Å². The maximum atomic E-state index is 12.8. The largest absolute Gasteiger partial charge is 0.415 e. The number of ether oxygens (including phenoxy) is 1. The molecule has 0 unspecified atom stereocenters. The molecular weight excluding hydrogens is 684 g/mol. The Morgan fingerprint density at radius 2 is 1.11 bits per heavy atom. The number of carbonyl (C=O) groups excluding carboxylic acids is 5. The van der Waals surface area contributed by atoms with Gasteiger partial charge in [0.1, 0.15) is 5.75 Å². The Kier molecular flexibility index (Phi) is 17.7. The molecule has 2 aromatic heterocycles. The van der Waals surface area contributed by atoms with E-state index in [1.165, 1.54) is 0 Å². The fourth-order valence-corrected chi connectivity index (χ4v) is 5.02. The van der Waals surface area contributed by atoms with E-state index in [9.17, 15) is 14.4 Å². The van der Waals surface area contributed by atoms with Crippen molar-refractivity contribution in [2.45, 2.75) is 27.7 Å². The number of nitrogens with zero attached hydrogens (tertiary/aromatic N) is 3. The number of rotatable bonds is 9. The van der Waals surface area contributed by atoms with E-state index in [1.54, 1.807) is 59.8 Å². The lowest BCUT2D eigenvalue weighted by molar-refractivity contribution is -0.191. The third-order valence-corrected chi connectivity index (χ3v) is 7.65. The van der Waals surface area contributed by atoms with Gasteiger partial charge in [-0.1, -0.05) is 80.6 Å². The average Bonchev–Trinajstić information content (AvgIpc) is 3.20. The number of amides is 3. The highest BCUT2D eigenvalue weighted by molar-refractivity contribution is 6.10. The van der Waals surface area contributed by atoms with Gasteiger partial charge in [0.25, 0.3) is 11.8 Å². The Balaban J connectivity index is 0.000000324. The molecule has 0 saturated heterocycles. The van der Waals surface area contributed by atoms with E-state index in [4.69, 9.17) is 14.3 Å². The lowest BCUT2D eigenvalue weighted by Gasteiger charge is -2.19. The molecule has 0 aliphatic carbocycles. The number of anilines is 2. The number of benzene rings is 4. The Hall–Kier alpha value is -6.75. The molecule has 54 heavy (non-hydrogen) atoms. The van der Waals surface area contributed by atoms with Crippen LogP contribution < -0.4 is 20.7 Å². The van der Waals surface area contributed by atoms with Crippen molar-refractivity contribution in [1.29, 1.82) is 0 Å². The van der Waals surface area contributed by atoms with E-state index in [0.29, 0.717) is 29.9 Å². The number of pyridine rings is 2. The third-order valence-electron chi connectivity index (χ3n) is 7.65. The molecule has 6 rings (SSSR count). The van der Waals surface area contributed by atoms with Crippen LogP contribution in [0.4, 0.5) is 16.2 Å². The Labute approximate surface area is 316 Å². The molecule has 0 aliphatic heterocycles. The first-order valence-electron chi connectivity index (χ1n) is 17.4. The van der Waals surface area contributed by atoms with Crippen molar-refractivity contribution < 1.29 is 30.1 Å². The molecule has 0 saturated carbocycles. The molecule has 0 radical (unpaired) electrons. The summed E-state index contributed by atoms with van der Waals surface area (Å²) in [5, 5.41) is 10.8. The second kappa shape index (κ2) is 22.9. The van der Waals surface area contributed by atoms with Crippen LogP contribution in [-0.4, -0.2) is 65.1 Å². The molecule has 12 nitrogen and oxygen atoms in total. The van der Waals surface area contributed by atoms with E-state index in [2.05, 4.69) is 39.8 Å². The van der Waals surface area contributed by atoms with E-state index >= 15 is 0 Å². The van der Waals surface area contributed by atoms with Crippen LogP contribution in [0.25, 0.3) is 21.8 Å². The van der Waals surface area contributed by atoms with E-state index < -0.39 is 6.09 Å². The number of nitrogens with one attached hydrogen (secondary N) is 3. The molecule has 2 heterocycles. The van der Waals surface area contributed by atoms with Crippen LogP contribution in [0.5, 0.6) is 5.75 Å². The van der Waals surface area contributed by atoms with Crippen molar-refractivity contribution in [3.05, 3.63) is 139 Å². The van der Waals surface area contributed by atoms with Gasteiger partial charge in [-0.25, -0.2) is 4.79 Å². The first-order valence-corrected chi connectivity index (χ1v) is 17.4. The van der Waals surface area contributed by atoms with Crippen molar-refractivity contribution in [2.24, 2.45) is 0 Å². The quantitative estimate of drug-likeness (QED) is 0.134. The summed E-state index contributed by atoms with van der Waals surface area (Å²) >= 11 is 0. The number of para-hydroxylation sites is 3. The molecule has 0 spiro atoms. The minimum atomic E-state index is -0.480. The second-order valence-corrected chi connectivity index (χ2v) is 11.1. The highest BCUT2D eigenvalue weighted by Crippen LogP contribution is 2.25. The van der Waals surface area contributed by atoms with Crippen molar-refractivity contribution in [3.63, 3.8) is 0 Å². The monoisotopic (exact) mass is 731 g/mol. The van der Waals surface area contributed by atoms with E-state index in [-0.39, 0.29) is 30.7 Å². The molecule has 0 aliphatic rings. The van der Waals surface area contributed by atoms with Crippen molar-refractivity contribution in [1.82, 2.24) is 20.2 Å². The fourth-order valence-electron chi connectivity index (χ4n) is 5.02. The van der Waals surface area contributed by atoms with Crippen LogP contribution in [0.2, 0.25) is 0 Å². The van der Waals surface area contributed by atoms with E-state index in [0.717, 1.165) is 35.1 Å². The third kappa shape index (κ3) is 12.5. The molecule has 0 fully saturated rings. The van der Waals surface area contributed by atoms with E-state index in [1.807, 2.05) is 86.6 Å². The van der Waals surface area contributed by atoms with Crippen LogP contribution in [0.3, 0.4) is 0 Å². The second-order valence-electron chi connectivity index (χ2n) is 11.1. The molecular formula is C42H46N6O6. The van der Waals surface area contributed by atoms with Crippen LogP contribution in [0.15, 0.2) is 128 Å². The summed E-state index contributed by atoms with van der Waals surface area (Å²) in [6.45, 7) is 11.2. The summed E-state index contributed by atoms with van der Waals surface area (Å²) < 4.78 is 5.45. The SMILES string of the molecule is CCN(CC)C(=O)Oc1ccccc1C(=O)Nc1cccc2cccnc12.CCNCC.O=C(Nc1cccc2cccnc12)c1ccccc1.O=C=O.[2HH]. The number of hydrogen-bond acceptors (Lipinski definition) is 9. The zero-order chi connectivity index (χ0) is 39.1. The topological polar surface area (TPSA) is 160 Å². The molecule has 3 amide bonds. The summed E-state index contributed by atoms with van der Waals surface area (Å²) in [6, 6.07) is 34.8. The summed E-state index contributed by atoms with van der Waals surface area (Å²) in [6.07, 6.45) is 3.17. The predicted molar refractivity (Wildman–Crippen MR) is 213 cm³/mol. The smallest absolute Gasteiger partial charge is 0.409 e. The Bertz CT molecular complexity index is 2130. The van der Waals surface area contributed by atoms with Crippen molar-refractivity contribution in [3.8, 4) is 5.75 Å². The van der Waals surface area contributed by atoms with Crippen LogP contribution in [-0.2, 0) is 9.59 Å². The Morgan fingerprint density at radius 1 is 0.630 bits per heavy atom. The first-order chi connectivity index (χ1) is 26.3. The molecule has 3 N–H and O–H groups in total. The summed E-state index contributed by atoms with van der Waals surface area (Å²) in [4.78, 5) is 63.6. The minimum absolute atomic E-state index is 0. The fraction of sp³-hybridized carbons (Fsp3) is 0.190. The zero-order valence-corrected chi connectivity index (χ0v) is 30.7. The molecule has 4 aromatic carbocycles. The number of aromatic nitrogens is 2. The molecule has 0 atom stereocenters. The van der Waals surface area contributed by atoms with Crippen LogP contribution in [0.1, 0.15) is 49.8 Å². The standard InChI is InChI=1S/C21H21N3O3.C16H12N2O.C4H11N.CO2.H2/c1-3-24(4-2)21(26)27-18-13-6-5-11-16(18)20(25)23-17-12-7-9-15-10-8-14-22-19(15)17;19-16(13-6-2-1-3-7-13)18-14-10-4-8-12-9-5-11-17-15(12)14;1-3-5-4-2;2-1-3;/h5-14H,3-4H2,1-2H3,(H,23,25);1-11H,(H,18,19);5H,3-4H2,1-2H3;;1H/i;;;;1+1. The average molecular weight is 732 g/mol. The summed E-state index contributed by atoms with van der Waals surface area (Å²) in [7, 11) is 0. The highest BCUT2D eigenvalue weighted by Gasteiger charge is 2.18. The molecule has 280 valence electrons. The normalized spacial score (nSPS) is 9.78. The number of hydrogen-bond donors (Lipinski definition) is 3. The van der Waals surface area contributed by atoms with Gasteiger partial charge in [0, 0.05) is 43.2 Å². The predicted octanol–water partition coefficient (Wildman–Crippen LogP) is 8.09. The van der Waals surface area contributed by atoms with Gasteiger partial charge in [-0.2, -0.15) is 9.59 Å². The van der Waals surface area contributed by atoms with Gasteiger partial charge >= 0.3 is 12.2 Å².